The standard InChI is InChI=1S/C24H34O3Si/c1-6-22(23(25)19-13-11-10-12-14-19)24(27-28(7-2,8-3)9-4)20-15-17-21(26-5)18-16-20/h10-18,22,24H,6-9H2,1-5H3/t22-,24-/m1/s1. The third kappa shape index (κ3) is 5.12. The third-order valence-corrected chi connectivity index (χ3v) is 10.6. The minimum absolute atomic E-state index is 0.162. The number of methoxy groups -OCH3 is 1. The van der Waals surface area contributed by atoms with Gasteiger partial charge in [-0.2, -0.15) is 0 Å². The van der Waals surface area contributed by atoms with E-state index in [1.165, 1.54) is 0 Å². The molecular weight excluding hydrogens is 364 g/mol. The first-order chi connectivity index (χ1) is 13.5. The molecule has 0 aromatic heterocycles. The van der Waals surface area contributed by atoms with Crippen molar-refractivity contribution in [1.29, 1.82) is 0 Å². The summed E-state index contributed by atoms with van der Waals surface area (Å²) in [4.78, 5) is 13.4. The van der Waals surface area contributed by atoms with Crippen LogP contribution in [0.5, 0.6) is 5.75 Å². The maximum atomic E-state index is 13.4. The summed E-state index contributed by atoms with van der Waals surface area (Å²) in [5, 5.41) is 0. The van der Waals surface area contributed by atoms with E-state index in [1.807, 2.05) is 54.6 Å². The Labute approximate surface area is 171 Å². The minimum atomic E-state index is -1.89. The van der Waals surface area contributed by atoms with E-state index in [0.717, 1.165) is 41.4 Å². The first-order valence-electron chi connectivity index (χ1n) is 10.4. The van der Waals surface area contributed by atoms with Crippen molar-refractivity contribution < 1.29 is 14.0 Å². The Kier molecular flexibility index (Phi) is 8.46. The van der Waals surface area contributed by atoms with Gasteiger partial charge in [0.25, 0.3) is 0 Å². The maximum Gasteiger partial charge on any atom is 0.192 e. The van der Waals surface area contributed by atoms with E-state index in [2.05, 4.69) is 27.7 Å². The SMILES string of the molecule is CC[C@H](C(=O)c1ccccc1)[C@H](O[Si](CC)(CC)CC)c1ccc(OC)cc1. The second-order valence-corrected chi connectivity index (χ2v) is 12.0. The summed E-state index contributed by atoms with van der Waals surface area (Å²) in [6, 6.07) is 20.8. The van der Waals surface area contributed by atoms with Gasteiger partial charge in [-0.3, -0.25) is 4.79 Å². The molecule has 0 aliphatic heterocycles. The van der Waals surface area contributed by atoms with E-state index in [1.54, 1.807) is 7.11 Å². The smallest absolute Gasteiger partial charge is 0.192 e. The molecule has 0 N–H and O–H groups in total. The Morgan fingerprint density at radius 3 is 1.93 bits per heavy atom. The van der Waals surface area contributed by atoms with Gasteiger partial charge >= 0.3 is 0 Å². The summed E-state index contributed by atoms with van der Waals surface area (Å²) in [6.07, 6.45) is 0.515. The molecule has 0 spiro atoms. The quantitative estimate of drug-likeness (QED) is 0.313. The summed E-state index contributed by atoms with van der Waals surface area (Å²) in [6.45, 7) is 8.76. The van der Waals surface area contributed by atoms with Crippen molar-refractivity contribution in [3.63, 3.8) is 0 Å². The average Bonchev–Trinajstić information content (AvgIpc) is 2.77. The molecule has 3 nitrogen and oxygen atoms in total. The van der Waals surface area contributed by atoms with Gasteiger partial charge in [-0.25, -0.2) is 0 Å². The molecule has 0 aliphatic rings. The molecule has 2 rings (SSSR count). The van der Waals surface area contributed by atoms with Crippen LogP contribution in [0.4, 0.5) is 0 Å². The van der Waals surface area contributed by atoms with E-state index in [-0.39, 0.29) is 17.8 Å². The largest absolute Gasteiger partial charge is 0.497 e. The van der Waals surface area contributed by atoms with Crippen LogP contribution in [0.15, 0.2) is 54.6 Å². The molecular formula is C24H34O3Si. The van der Waals surface area contributed by atoms with Crippen LogP contribution in [0.2, 0.25) is 18.1 Å². The molecule has 0 amide bonds. The summed E-state index contributed by atoms with van der Waals surface area (Å²) in [5.41, 5.74) is 1.82. The molecule has 0 unspecified atom stereocenters. The normalized spacial score (nSPS) is 13.8. The van der Waals surface area contributed by atoms with Crippen LogP contribution in [0.3, 0.4) is 0 Å². The Hall–Kier alpha value is -1.91. The number of hydrogen-bond donors (Lipinski definition) is 0. The fraction of sp³-hybridized carbons (Fsp3) is 0.458. The number of ether oxygens (including phenoxy) is 1. The van der Waals surface area contributed by atoms with Crippen LogP contribution in [0.1, 0.15) is 56.1 Å². The molecule has 2 aromatic rings. The highest BCUT2D eigenvalue weighted by Crippen LogP contribution is 2.37. The molecule has 0 heterocycles. The van der Waals surface area contributed by atoms with Gasteiger partial charge in [-0.1, -0.05) is 70.2 Å². The molecule has 0 radical (unpaired) electrons. The van der Waals surface area contributed by atoms with Gasteiger partial charge in [0.15, 0.2) is 14.1 Å². The van der Waals surface area contributed by atoms with Gasteiger partial charge in [0.05, 0.1) is 19.1 Å². The molecule has 0 bridgehead atoms. The number of carbonyl (C=O) groups excluding carboxylic acids is 1. The molecule has 0 saturated carbocycles. The zero-order valence-electron chi connectivity index (χ0n) is 17.9. The van der Waals surface area contributed by atoms with Crippen molar-refractivity contribution in [2.45, 2.75) is 58.4 Å². The molecule has 0 fully saturated rings. The van der Waals surface area contributed by atoms with Crippen LogP contribution in [-0.4, -0.2) is 21.2 Å². The molecule has 2 aromatic carbocycles. The van der Waals surface area contributed by atoms with Crippen LogP contribution < -0.4 is 4.74 Å². The Balaban J connectivity index is 2.46. The van der Waals surface area contributed by atoms with Crippen molar-refractivity contribution in [2.24, 2.45) is 5.92 Å². The van der Waals surface area contributed by atoms with Gasteiger partial charge in [0.2, 0.25) is 0 Å². The number of rotatable bonds is 11. The van der Waals surface area contributed by atoms with Gasteiger partial charge < -0.3 is 9.16 Å². The average molecular weight is 399 g/mol. The lowest BCUT2D eigenvalue weighted by atomic mass is 9.87. The first kappa shape index (κ1) is 22.4. The number of carbonyl (C=O) groups is 1. The van der Waals surface area contributed by atoms with Crippen molar-refractivity contribution in [2.75, 3.05) is 7.11 Å². The zero-order chi connectivity index (χ0) is 20.6. The Bertz CT molecular complexity index is 715. The predicted octanol–water partition coefficient (Wildman–Crippen LogP) is 6.67. The monoisotopic (exact) mass is 398 g/mol. The van der Waals surface area contributed by atoms with Gasteiger partial charge in [0, 0.05) is 5.56 Å². The van der Waals surface area contributed by atoms with Crippen molar-refractivity contribution in [3.8, 4) is 5.75 Å². The fourth-order valence-corrected chi connectivity index (χ4v) is 6.64. The Morgan fingerprint density at radius 2 is 1.46 bits per heavy atom. The van der Waals surface area contributed by atoms with Gasteiger partial charge in [0.1, 0.15) is 5.75 Å². The lowest BCUT2D eigenvalue weighted by Crippen LogP contribution is -2.40. The number of benzene rings is 2. The first-order valence-corrected chi connectivity index (χ1v) is 13.0. The number of hydrogen-bond acceptors (Lipinski definition) is 3. The fourth-order valence-electron chi connectivity index (χ4n) is 3.80. The summed E-state index contributed by atoms with van der Waals surface area (Å²) >= 11 is 0. The molecule has 2 atom stereocenters. The van der Waals surface area contributed by atoms with E-state index in [4.69, 9.17) is 9.16 Å². The van der Waals surface area contributed by atoms with Crippen molar-refractivity contribution in [1.82, 2.24) is 0 Å². The summed E-state index contributed by atoms with van der Waals surface area (Å²) in [5.74, 6) is 0.775. The lowest BCUT2D eigenvalue weighted by molar-refractivity contribution is 0.0705. The zero-order valence-corrected chi connectivity index (χ0v) is 18.9. The van der Waals surface area contributed by atoms with Crippen LogP contribution in [0, 0.1) is 5.92 Å². The predicted molar refractivity (Wildman–Crippen MR) is 119 cm³/mol. The van der Waals surface area contributed by atoms with E-state index >= 15 is 0 Å². The highest BCUT2D eigenvalue weighted by atomic mass is 28.4. The van der Waals surface area contributed by atoms with Gasteiger partial charge in [-0.05, 0) is 42.2 Å². The summed E-state index contributed by atoms with van der Waals surface area (Å²) in [7, 11) is -0.228. The highest BCUT2D eigenvalue weighted by molar-refractivity contribution is 6.73. The van der Waals surface area contributed by atoms with E-state index in [9.17, 15) is 4.79 Å². The summed E-state index contributed by atoms with van der Waals surface area (Å²) < 4.78 is 12.2. The maximum absolute atomic E-state index is 13.4. The molecule has 0 aliphatic carbocycles. The Morgan fingerprint density at radius 1 is 0.893 bits per heavy atom. The third-order valence-electron chi connectivity index (χ3n) is 5.95. The second kappa shape index (κ2) is 10.6. The van der Waals surface area contributed by atoms with Crippen LogP contribution >= 0.6 is 0 Å². The molecule has 28 heavy (non-hydrogen) atoms. The highest BCUT2D eigenvalue weighted by Gasteiger charge is 2.38. The van der Waals surface area contributed by atoms with Gasteiger partial charge in [-0.15, -0.1) is 0 Å². The molecule has 0 saturated heterocycles. The number of ketones is 1. The number of Topliss-reactive ketones (excluding diaryl/α,β-unsaturated/α-hetero) is 1. The van der Waals surface area contributed by atoms with E-state index < -0.39 is 8.32 Å². The topological polar surface area (TPSA) is 35.5 Å². The van der Waals surface area contributed by atoms with Crippen molar-refractivity contribution >= 4 is 14.1 Å². The van der Waals surface area contributed by atoms with Crippen molar-refractivity contribution in [3.05, 3.63) is 65.7 Å². The molecule has 4 heteroatoms. The second-order valence-electron chi connectivity index (χ2n) is 7.30. The lowest BCUT2D eigenvalue weighted by Gasteiger charge is -2.37. The van der Waals surface area contributed by atoms with Crippen LogP contribution in [0.25, 0.3) is 0 Å². The van der Waals surface area contributed by atoms with E-state index in [0.29, 0.717) is 0 Å². The van der Waals surface area contributed by atoms with Crippen LogP contribution in [-0.2, 0) is 4.43 Å². The molecule has 152 valence electrons. The minimum Gasteiger partial charge on any atom is -0.497 e.